The Morgan fingerprint density at radius 1 is 0.917 bits per heavy atom. The van der Waals surface area contributed by atoms with Crippen LogP contribution >= 0.6 is 0 Å². The molecule has 2 fully saturated rings. The van der Waals surface area contributed by atoms with Gasteiger partial charge in [-0.3, -0.25) is 14.4 Å². The number of unbranched alkanes of at least 4 members (excludes halogenated alkanes) is 1. The summed E-state index contributed by atoms with van der Waals surface area (Å²) in [6.45, 7) is 0. The van der Waals surface area contributed by atoms with E-state index in [0.717, 1.165) is 0 Å². The molecule has 1 atom stereocenters. The standard InChI is InChI=1S/C14H18N2O8/c17-9-5-6-10(18)15(9)23-13(21)3-1-2-4-14(22)24-16-11(19)7-8-12(16)20/h9,17H,1-8H2. The van der Waals surface area contributed by atoms with Gasteiger partial charge < -0.3 is 14.8 Å². The molecule has 0 saturated carbocycles. The maximum absolute atomic E-state index is 11.6. The van der Waals surface area contributed by atoms with Crippen molar-refractivity contribution in [2.45, 2.75) is 57.6 Å². The number of aliphatic hydroxyl groups is 1. The molecule has 0 radical (unpaired) electrons. The molecule has 1 unspecified atom stereocenters. The van der Waals surface area contributed by atoms with E-state index in [4.69, 9.17) is 4.84 Å². The largest absolute Gasteiger partial charge is 0.370 e. The number of nitrogens with zero attached hydrogens (tertiary/aromatic N) is 2. The zero-order valence-corrected chi connectivity index (χ0v) is 12.9. The summed E-state index contributed by atoms with van der Waals surface area (Å²) in [5.74, 6) is -2.99. The van der Waals surface area contributed by atoms with Gasteiger partial charge >= 0.3 is 11.9 Å². The molecule has 2 aliphatic heterocycles. The molecule has 1 N–H and O–H groups in total. The van der Waals surface area contributed by atoms with Crippen LogP contribution in [0.5, 0.6) is 0 Å². The van der Waals surface area contributed by atoms with E-state index in [9.17, 15) is 29.1 Å². The number of rotatable bonds is 7. The maximum atomic E-state index is 11.6. The highest BCUT2D eigenvalue weighted by Crippen LogP contribution is 2.18. The van der Waals surface area contributed by atoms with E-state index in [2.05, 4.69) is 4.84 Å². The molecule has 132 valence electrons. The Hall–Kier alpha value is -2.49. The van der Waals surface area contributed by atoms with Gasteiger partial charge in [0, 0.05) is 38.5 Å². The van der Waals surface area contributed by atoms with Gasteiger partial charge in [0.25, 0.3) is 17.7 Å². The van der Waals surface area contributed by atoms with E-state index in [1.165, 1.54) is 0 Å². The van der Waals surface area contributed by atoms with Crippen LogP contribution in [0.2, 0.25) is 0 Å². The predicted molar refractivity (Wildman–Crippen MR) is 73.8 cm³/mol. The van der Waals surface area contributed by atoms with Gasteiger partial charge in [-0.25, -0.2) is 9.59 Å². The summed E-state index contributed by atoms with van der Waals surface area (Å²) in [6, 6.07) is 0. The van der Waals surface area contributed by atoms with Crippen molar-refractivity contribution in [2.24, 2.45) is 0 Å². The summed E-state index contributed by atoms with van der Waals surface area (Å²) in [4.78, 5) is 66.4. The number of amides is 3. The minimum Gasteiger partial charge on any atom is -0.370 e. The summed E-state index contributed by atoms with van der Waals surface area (Å²) in [6.07, 6.45) is -0.291. The van der Waals surface area contributed by atoms with Gasteiger partial charge in [-0.2, -0.15) is 0 Å². The van der Waals surface area contributed by atoms with Gasteiger partial charge in [0.15, 0.2) is 6.23 Å². The van der Waals surface area contributed by atoms with Crippen LogP contribution in [0.4, 0.5) is 0 Å². The van der Waals surface area contributed by atoms with E-state index in [-0.39, 0.29) is 51.4 Å². The fourth-order valence-corrected chi connectivity index (χ4v) is 2.26. The average molecular weight is 342 g/mol. The number of hydroxylamine groups is 4. The van der Waals surface area contributed by atoms with Crippen LogP contribution in [-0.4, -0.2) is 51.1 Å². The molecule has 24 heavy (non-hydrogen) atoms. The average Bonchev–Trinajstić information content (AvgIpc) is 3.01. The zero-order chi connectivity index (χ0) is 17.7. The lowest BCUT2D eigenvalue weighted by atomic mass is 10.2. The third-order valence-electron chi connectivity index (χ3n) is 3.54. The van der Waals surface area contributed by atoms with Crippen LogP contribution in [0.3, 0.4) is 0 Å². The van der Waals surface area contributed by atoms with Gasteiger partial charge in [-0.1, -0.05) is 0 Å². The monoisotopic (exact) mass is 342 g/mol. The molecular formula is C14H18N2O8. The minimum atomic E-state index is -1.12. The van der Waals surface area contributed by atoms with Crippen LogP contribution in [0.25, 0.3) is 0 Å². The molecule has 2 rings (SSSR count). The fraction of sp³-hybridized carbons (Fsp3) is 0.643. The van der Waals surface area contributed by atoms with E-state index in [1.807, 2.05) is 0 Å². The second kappa shape index (κ2) is 7.86. The van der Waals surface area contributed by atoms with Gasteiger partial charge in [0.05, 0.1) is 0 Å². The number of hydrogen-bond acceptors (Lipinski definition) is 8. The summed E-state index contributed by atoms with van der Waals surface area (Å²) in [5, 5.41) is 10.6. The summed E-state index contributed by atoms with van der Waals surface area (Å²) >= 11 is 0. The predicted octanol–water partition coefficient (Wildman–Crippen LogP) is -0.447. The fourth-order valence-electron chi connectivity index (χ4n) is 2.26. The molecule has 0 aromatic heterocycles. The third-order valence-corrected chi connectivity index (χ3v) is 3.54. The molecule has 0 bridgehead atoms. The molecule has 0 aromatic carbocycles. The molecule has 10 nitrogen and oxygen atoms in total. The molecule has 0 aliphatic carbocycles. The Bertz CT molecular complexity index is 545. The van der Waals surface area contributed by atoms with Crippen molar-refractivity contribution in [2.75, 3.05) is 0 Å². The van der Waals surface area contributed by atoms with Crippen molar-refractivity contribution < 1.29 is 38.8 Å². The minimum absolute atomic E-state index is 0.0268. The molecule has 2 aliphatic rings. The zero-order valence-electron chi connectivity index (χ0n) is 12.9. The van der Waals surface area contributed by atoms with Crippen LogP contribution in [-0.2, 0) is 33.6 Å². The molecule has 2 heterocycles. The number of hydrogen-bond donors (Lipinski definition) is 1. The number of aliphatic hydroxyl groups excluding tert-OH is 1. The number of carbonyl (C=O) groups excluding carboxylic acids is 5. The Balaban J connectivity index is 1.61. The molecule has 0 spiro atoms. The summed E-state index contributed by atoms with van der Waals surface area (Å²) < 4.78 is 0. The SMILES string of the molecule is O=C(CCCCC(=O)ON1C(=O)CCC1O)ON1C(=O)CCC1=O. The lowest BCUT2D eigenvalue weighted by Crippen LogP contribution is -2.35. The normalized spacial score (nSPS) is 20.7. The second-order valence-corrected chi connectivity index (χ2v) is 5.45. The first-order chi connectivity index (χ1) is 11.4. The first kappa shape index (κ1) is 17.9. The molecule has 10 heteroatoms. The van der Waals surface area contributed by atoms with Crippen LogP contribution < -0.4 is 0 Å². The van der Waals surface area contributed by atoms with Crippen molar-refractivity contribution in [3.8, 4) is 0 Å². The van der Waals surface area contributed by atoms with Gasteiger partial charge in [-0.15, -0.1) is 10.1 Å². The van der Waals surface area contributed by atoms with Gasteiger partial charge in [0.1, 0.15) is 0 Å². The van der Waals surface area contributed by atoms with Crippen molar-refractivity contribution in [3.05, 3.63) is 0 Å². The molecule has 0 aromatic rings. The topological polar surface area (TPSA) is 131 Å². The lowest BCUT2D eigenvalue weighted by Gasteiger charge is -2.18. The first-order valence-corrected chi connectivity index (χ1v) is 7.66. The molecule has 2 saturated heterocycles. The first-order valence-electron chi connectivity index (χ1n) is 7.66. The Kier molecular flexibility index (Phi) is 5.85. The highest BCUT2D eigenvalue weighted by molar-refractivity contribution is 6.01. The van der Waals surface area contributed by atoms with Gasteiger partial charge in [-0.05, 0) is 12.8 Å². The molecular weight excluding hydrogens is 324 g/mol. The van der Waals surface area contributed by atoms with Crippen LogP contribution in [0.15, 0.2) is 0 Å². The van der Waals surface area contributed by atoms with E-state index < -0.39 is 35.9 Å². The van der Waals surface area contributed by atoms with Crippen molar-refractivity contribution in [1.29, 1.82) is 0 Å². The summed E-state index contributed by atoms with van der Waals surface area (Å²) in [5.41, 5.74) is 0. The van der Waals surface area contributed by atoms with Gasteiger partial charge in [0.2, 0.25) is 0 Å². The Morgan fingerprint density at radius 3 is 1.96 bits per heavy atom. The maximum Gasteiger partial charge on any atom is 0.333 e. The smallest absolute Gasteiger partial charge is 0.333 e. The third kappa shape index (κ3) is 4.51. The molecule has 3 amide bonds. The van der Waals surface area contributed by atoms with Crippen LogP contribution in [0.1, 0.15) is 51.4 Å². The highest BCUT2D eigenvalue weighted by Gasteiger charge is 2.33. The van der Waals surface area contributed by atoms with Crippen molar-refractivity contribution in [3.63, 3.8) is 0 Å². The van der Waals surface area contributed by atoms with Crippen molar-refractivity contribution >= 4 is 29.7 Å². The Morgan fingerprint density at radius 2 is 1.46 bits per heavy atom. The Labute approximate surface area is 137 Å². The van der Waals surface area contributed by atoms with Crippen LogP contribution in [0, 0.1) is 0 Å². The van der Waals surface area contributed by atoms with Crippen molar-refractivity contribution in [1.82, 2.24) is 10.1 Å². The lowest BCUT2D eigenvalue weighted by molar-refractivity contribution is -0.220. The number of carbonyl (C=O) groups is 5. The van der Waals surface area contributed by atoms with E-state index in [1.54, 1.807) is 0 Å². The van der Waals surface area contributed by atoms with E-state index in [0.29, 0.717) is 10.1 Å². The number of imide groups is 1. The van der Waals surface area contributed by atoms with E-state index >= 15 is 0 Å². The summed E-state index contributed by atoms with van der Waals surface area (Å²) in [7, 11) is 0. The second-order valence-electron chi connectivity index (χ2n) is 5.45. The quantitative estimate of drug-likeness (QED) is 0.486. The highest BCUT2D eigenvalue weighted by atomic mass is 16.7.